The Morgan fingerprint density at radius 2 is 1.72 bits per heavy atom. The molecular weight excluding hydrogens is 454 g/mol. The third-order valence-corrected chi connectivity index (χ3v) is 6.78. The number of carbonyl (C=O) groups excluding carboxylic acids is 1. The average Bonchev–Trinajstić information content (AvgIpc) is 3.57. The Labute approximate surface area is 211 Å². The zero-order valence-electron chi connectivity index (χ0n) is 21.0. The van der Waals surface area contributed by atoms with E-state index in [2.05, 4.69) is 51.0 Å². The van der Waals surface area contributed by atoms with Crippen molar-refractivity contribution in [3.8, 4) is 12.3 Å². The van der Waals surface area contributed by atoms with Gasteiger partial charge in [-0.15, -0.1) is 12.3 Å². The summed E-state index contributed by atoms with van der Waals surface area (Å²) in [5.74, 6) is 5.65. The molecule has 3 aromatic rings. The summed E-state index contributed by atoms with van der Waals surface area (Å²) >= 11 is 0. The summed E-state index contributed by atoms with van der Waals surface area (Å²) in [5, 5.41) is 8.82. The van der Waals surface area contributed by atoms with Gasteiger partial charge in [-0.3, -0.25) is 9.48 Å². The van der Waals surface area contributed by atoms with Gasteiger partial charge in [0.15, 0.2) is 0 Å². The summed E-state index contributed by atoms with van der Waals surface area (Å²) in [6.45, 7) is 8.95. The SMILES string of the molecule is C#CCCC(=O)N1CCN(c2cc(N3CCCC3)nc(Nc3cc4c(cn3)cnn4C(C)C)n2)CC1. The minimum absolute atomic E-state index is 0.123. The fraction of sp³-hybridized carbons (Fsp3) is 0.500. The van der Waals surface area contributed by atoms with Crippen molar-refractivity contribution in [1.82, 2.24) is 29.6 Å². The molecule has 0 spiro atoms. The minimum atomic E-state index is 0.123. The van der Waals surface area contributed by atoms with Gasteiger partial charge in [0.2, 0.25) is 11.9 Å². The first-order valence-corrected chi connectivity index (χ1v) is 12.7. The van der Waals surface area contributed by atoms with E-state index < -0.39 is 0 Å². The molecule has 188 valence electrons. The number of fused-ring (bicyclic) bond motifs is 1. The monoisotopic (exact) mass is 487 g/mol. The van der Waals surface area contributed by atoms with E-state index >= 15 is 0 Å². The van der Waals surface area contributed by atoms with Gasteiger partial charge in [-0.25, -0.2) is 4.98 Å². The van der Waals surface area contributed by atoms with Gasteiger partial charge in [-0.2, -0.15) is 15.1 Å². The Morgan fingerprint density at radius 1 is 1.03 bits per heavy atom. The second kappa shape index (κ2) is 10.4. The number of anilines is 4. The van der Waals surface area contributed by atoms with Crippen LogP contribution in [0, 0.1) is 12.3 Å². The molecule has 0 saturated carbocycles. The summed E-state index contributed by atoms with van der Waals surface area (Å²) in [4.78, 5) is 33.1. The minimum Gasteiger partial charge on any atom is -0.356 e. The van der Waals surface area contributed by atoms with Crippen molar-refractivity contribution < 1.29 is 4.79 Å². The topological polar surface area (TPSA) is 95.3 Å². The molecule has 0 aromatic carbocycles. The van der Waals surface area contributed by atoms with E-state index in [1.165, 1.54) is 0 Å². The van der Waals surface area contributed by atoms with Crippen molar-refractivity contribution in [2.75, 3.05) is 54.4 Å². The van der Waals surface area contributed by atoms with Crippen LogP contribution in [0.5, 0.6) is 0 Å². The number of piperazine rings is 1. The first-order valence-electron chi connectivity index (χ1n) is 12.7. The average molecular weight is 488 g/mol. The van der Waals surface area contributed by atoms with Crippen molar-refractivity contribution in [1.29, 1.82) is 0 Å². The van der Waals surface area contributed by atoms with E-state index in [1.54, 1.807) is 0 Å². The third kappa shape index (κ3) is 5.05. The molecule has 10 heteroatoms. The fourth-order valence-corrected chi connectivity index (χ4v) is 4.80. The van der Waals surface area contributed by atoms with Gasteiger partial charge in [0.25, 0.3) is 0 Å². The summed E-state index contributed by atoms with van der Waals surface area (Å²) in [6, 6.07) is 4.31. The van der Waals surface area contributed by atoms with E-state index in [4.69, 9.17) is 16.4 Å². The molecule has 10 nitrogen and oxygen atoms in total. The molecule has 0 unspecified atom stereocenters. The zero-order valence-corrected chi connectivity index (χ0v) is 21.0. The van der Waals surface area contributed by atoms with Crippen molar-refractivity contribution >= 4 is 40.2 Å². The van der Waals surface area contributed by atoms with E-state index in [-0.39, 0.29) is 11.9 Å². The number of nitrogens with zero attached hydrogens (tertiary/aromatic N) is 8. The molecule has 2 saturated heterocycles. The standard InChI is InChI=1S/C26H33N9O/c1-4-5-8-25(36)34-13-11-33(12-14-34)24-16-23(32-9-6-7-10-32)30-26(31-24)29-22-15-21-20(17-27-22)18-28-35(21)19(2)3/h1,15-19H,5-14H2,2-3H3,(H,27,29,30,31). The maximum absolute atomic E-state index is 12.4. The largest absolute Gasteiger partial charge is 0.356 e. The Morgan fingerprint density at radius 3 is 2.39 bits per heavy atom. The Balaban J connectivity index is 1.38. The molecule has 2 aliphatic heterocycles. The van der Waals surface area contributed by atoms with Gasteiger partial charge < -0.3 is 20.0 Å². The highest BCUT2D eigenvalue weighted by molar-refractivity contribution is 5.81. The van der Waals surface area contributed by atoms with Crippen LogP contribution in [0.3, 0.4) is 0 Å². The molecular formula is C26H33N9O. The van der Waals surface area contributed by atoms with E-state index in [9.17, 15) is 4.79 Å². The highest BCUT2D eigenvalue weighted by Gasteiger charge is 2.24. The lowest BCUT2D eigenvalue weighted by Crippen LogP contribution is -2.49. The van der Waals surface area contributed by atoms with Crippen LogP contribution in [0.1, 0.15) is 45.6 Å². The number of pyridine rings is 1. The molecule has 1 N–H and O–H groups in total. The number of terminal acetylenes is 1. The van der Waals surface area contributed by atoms with Crippen LogP contribution in [0.2, 0.25) is 0 Å². The summed E-state index contributed by atoms with van der Waals surface area (Å²) in [5.41, 5.74) is 1.02. The zero-order chi connectivity index (χ0) is 25.1. The van der Waals surface area contributed by atoms with Gasteiger partial charge in [-0.05, 0) is 26.7 Å². The number of hydrogen-bond donors (Lipinski definition) is 1. The van der Waals surface area contributed by atoms with Crippen LogP contribution in [0.4, 0.5) is 23.4 Å². The number of rotatable bonds is 7. The van der Waals surface area contributed by atoms with Gasteiger partial charge in [-0.1, -0.05) is 0 Å². The van der Waals surface area contributed by atoms with Gasteiger partial charge in [0.1, 0.15) is 17.5 Å². The molecule has 5 rings (SSSR count). The molecule has 36 heavy (non-hydrogen) atoms. The fourth-order valence-electron chi connectivity index (χ4n) is 4.80. The van der Waals surface area contributed by atoms with Crippen LogP contribution in [-0.4, -0.2) is 74.8 Å². The first kappa shape index (κ1) is 23.9. The normalized spacial score (nSPS) is 16.1. The van der Waals surface area contributed by atoms with Crippen LogP contribution < -0.4 is 15.1 Å². The molecule has 0 atom stereocenters. The number of hydrogen-bond acceptors (Lipinski definition) is 8. The summed E-state index contributed by atoms with van der Waals surface area (Å²) in [7, 11) is 0. The highest BCUT2D eigenvalue weighted by atomic mass is 16.2. The lowest BCUT2D eigenvalue weighted by Gasteiger charge is -2.35. The smallest absolute Gasteiger partial charge is 0.232 e. The van der Waals surface area contributed by atoms with Crippen molar-refractivity contribution in [3.05, 3.63) is 24.5 Å². The van der Waals surface area contributed by atoms with Crippen LogP contribution in [0.15, 0.2) is 24.5 Å². The van der Waals surface area contributed by atoms with Gasteiger partial charge in [0.05, 0.1) is 11.7 Å². The van der Waals surface area contributed by atoms with E-state index in [1.807, 2.05) is 28.0 Å². The maximum Gasteiger partial charge on any atom is 0.232 e. The lowest BCUT2D eigenvalue weighted by molar-refractivity contribution is -0.131. The molecule has 3 aromatic heterocycles. The Hall–Kier alpha value is -3.87. The number of carbonyl (C=O) groups is 1. The summed E-state index contributed by atoms with van der Waals surface area (Å²) < 4.78 is 1.99. The predicted octanol–water partition coefficient (Wildman–Crippen LogP) is 3.21. The van der Waals surface area contributed by atoms with Crippen molar-refractivity contribution in [2.24, 2.45) is 0 Å². The second-order valence-corrected chi connectivity index (χ2v) is 9.61. The Bertz CT molecular complexity index is 1260. The van der Waals surface area contributed by atoms with Crippen LogP contribution >= 0.6 is 0 Å². The Kier molecular flexibility index (Phi) is 6.89. The molecule has 2 aliphatic rings. The van der Waals surface area contributed by atoms with E-state index in [0.717, 1.165) is 61.6 Å². The maximum atomic E-state index is 12.4. The number of nitrogens with one attached hydrogen (secondary N) is 1. The number of amides is 1. The predicted molar refractivity (Wildman–Crippen MR) is 142 cm³/mol. The van der Waals surface area contributed by atoms with E-state index in [0.29, 0.717) is 37.7 Å². The van der Waals surface area contributed by atoms with Crippen molar-refractivity contribution in [3.63, 3.8) is 0 Å². The molecule has 0 bridgehead atoms. The van der Waals surface area contributed by atoms with Gasteiger partial charge in [0, 0.05) is 81.9 Å². The summed E-state index contributed by atoms with van der Waals surface area (Å²) in [6.07, 6.45) is 12.2. The lowest BCUT2D eigenvalue weighted by atomic mass is 10.2. The molecule has 0 radical (unpaired) electrons. The molecule has 1 amide bonds. The molecule has 0 aliphatic carbocycles. The highest BCUT2D eigenvalue weighted by Crippen LogP contribution is 2.27. The van der Waals surface area contributed by atoms with Gasteiger partial charge >= 0.3 is 0 Å². The van der Waals surface area contributed by atoms with Crippen molar-refractivity contribution in [2.45, 2.75) is 45.6 Å². The first-order chi connectivity index (χ1) is 17.5. The number of aromatic nitrogens is 5. The third-order valence-electron chi connectivity index (χ3n) is 6.78. The van der Waals surface area contributed by atoms with Crippen LogP contribution in [0.25, 0.3) is 10.9 Å². The second-order valence-electron chi connectivity index (χ2n) is 9.61. The van der Waals surface area contributed by atoms with Crippen LogP contribution in [-0.2, 0) is 4.79 Å². The molecule has 2 fully saturated rings. The quantitative estimate of drug-likeness (QED) is 0.508. The molecule has 5 heterocycles.